The summed E-state index contributed by atoms with van der Waals surface area (Å²) in [5.41, 5.74) is 0. The van der Waals surface area contributed by atoms with Gasteiger partial charge in [-0.25, -0.2) is 0 Å². The Labute approximate surface area is 87.5 Å². The fraction of sp³-hybridized carbons (Fsp3) is 1.00. The normalized spacial score (nSPS) is 24.0. The molecule has 2 nitrogen and oxygen atoms in total. The van der Waals surface area contributed by atoms with Crippen LogP contribution in [0.3, 0.4) is 0 Å². The summed E-state index contributed by atoms with van der Waals surface area (Å²) in [6.45, 7) is 7.74. The smallest absolute Gasteiger partial charge is 0.418 e. The summed E-state index contributed by atoms with van der Waals surface area (Å²) < 4.78 is 44.6. The zero-order chi connectivity index (χ0) is 11.9. The second kappa shape index (κ2) is 7.06. The molecule has 0 radical (unpaired) electrons. The van der Waals surface area contributed by atoms with Gasteiger partial charge in [-0.3, -0.25) is 0 Å². The van der Waals surface area contributed by atoms with Crippen LogP contribution < -0.4 is 5.32 Å². The van der Waals surface area contributed by atoms with Crippen LogP contribution in [0, 0.1) is 5.92 Å². The molecule has 1 aliphatic rings. The number of ether oxygens (including phenoxy) is 1. The maximum absolute atomic E-state index is 9.75. The molecule has 0 spiro atoms. The van der Waals surface area contributed by atoms with Gasteiger partial charge in [0.05, 0.1) is 13.2 Å². The van der Waals surface area contributed by atoms with E-state index in [1.54, 1.807) is 0 Å². The molecule has 0 aromatic carbocycles. The lowest BCUT2D eigenvalue weighted by atomic mass is 10.0. The van der Waals surface area contributed by atoms with E-state index in [1.165, 1.54) is 6.42 Å². The third kappa shape index (κ3) is 10.00. The highest BCUT2D eigenvalue weighted by atomic mass is 19.5. The Balaban J connectivity index is 0.000000336. The highest BCUT2D eigenvalue weighted by Crippen LogP contribution is 2.10. The van der Waals surface area contributed by atoms with Crippen molar-refractivity contribution in [1.82, 2.24) is 0 Å². The van der Waals surface area contributed by atoms with Gasteiger partial charge in [-0.15, -0.1) is 0 Å². The summed E-state index contributed by atoms with van der Waals surface area (Å²) in [7, 11) is -6.00. The van der Waals surface area contributed by atoms with E-state index in [0.717, 1.165) is 25.6 Å². The lowest BCUT2D eigenvalue weighted by Crippen LogP contribution is -2.90. The Hall–Kier alpha value is -0.295. The third-order valence-corrected chi connectivity index (χ3v) is 2.33. The minimum absolute atomic E-state index is 0.513. The van der Waals surface area contributed by atoms with Crippen LogP contribution in [-0.2, 0) is 4.74 Å². The molecule has 2 unspecified atom stereocenters. The van der Waals surface area contributed by atoms with E-state index in [2.05, 4.69) is 19.2 Å². The van der Waals surface area contributed by atoms with Gasteiger partial charge < -0.3 is 27.3 Å². The van der Waals surface area contributed by atoms with E-state index in [4.69, 9.17) is 4.74 Å². The van der Waals surface area contributed by atoms with E-state index in [9.17, 15) is 17.3 Å². The molecule has 1 rings (SSSR count). The van der Waals surface area contributed by atoms with Crippen molar-refractivity contribution in [2.45, 2.75) is 26.4 Å². The quantitative estimate of drug-likeness (QED) is 0.562. The van der Waals surface area contributed by atoms with E-state index < -0.39 is 7.25 Å². The average molecular weight is 231 g/mol. The fourth-order valence-corrected chi connectivity index (χ4v) is 1.31. The lowest BCUT2D eigenvalue weighted by Gasteiger charge is -2.25. The predicted octanol–water partition coefficient (Wildman–Crippen LogP) is 1.29. The summed E-state index contributed by atoms with van der Waals surface area (Å²) in [4.78, 5) is 0. The molecule has 15 heavy (non-hydrogen) atoms. The largest absolute Gasteiger partial charge is 0.673 e. The van der Waals surface area contributed by atoms with Crippen LogP contribution in [0.2, 0.25) is 0 Å². The maximum atomic E-state index is 9.75. The van der Waals surface area contributed by atoms with E-state index >= 15 is 0 Å². The molecule has 2 atom stereocenters. The summed E-state index contributed by atoms with van der Waals surface area (Å²) in [5, 5.41) is 2.35. The molecule has 0 aliphatic carbocycles. The predicted molar refractivity (Wildman–Crippen MR) is 51.0 cm³/mol. The van der Waals surface area contributed by atoms with Crippen molar-refractivity contribution in [2.24, 2.45) is 5.92 Å². The molecule has 1 aliphatic heterocycles. The first-order valence-corrected chi connectivity index (χ1v) is 5.15. The molecule has 1 saturated heterocycles. The molecular formula is C8H18BF4NO. The second-order valence-corrected chi connectivity index (χ2v) is 3.60. The lowest BCUT2D eigenvalue weighted by molar-refractivity contribution is -0.678. The van der Waals surface area contributed by atoms with E-state index in [1.807, 2.05) is 0 Å². The van der Waals surface area contributed by atoms with Gasteiger partial charge in [0.2, 0.25) is 0 Å². The monoisotopic (exact) mass is 231 g/mol. The Kier molecular flexibility index (Phi) is 6.92. The van der Waals surface area contributed by atoms with Crippen molar-refractivity contribution in [3.05, 3.63) is 0 Å². The number of morpholine rings is 1. The Morgan fingerprint density at radius 1 is 1.40 bits per heavy atom. The first-order chi connectivity index (χ1) is 6.84. The van der Waals surface area contributed by atoms with Gasteiger partial charge in [0, 0.05) is 0 Å². The van der Waals surface area contributed by atoms with Crippen molar-refractivity contribution in [3.63, 3.8) is 0 Å². The first-order valence-electron chi connectivity index (χ1n) is 5.15. The first kappa shape index (κ1) is 14.7. The number of hydrogen-bond acceptors (Lipinski definition) is 1. The summed E-state index contributed by atoms with van der Waals surface area (Å²) in [6.07, 6.45) is 1.75. The number of quaternary nitrogens is 1. The van der Waals surface area contributed by atoms with Gasteiger partial charge in [-0.1, -0.05) is 20.3 Å². The molecule has 0 saturated carbocycles. The minimum atomic E-state index is -6.00. The zero-order valence-corrected chi connectivity index (χ0v) is 9.06. The standard InChI is InChI=1S/C8H17NO.BF4/c1-3-7(2)8-6-9-4-5-10-8;2-1(3,4)5/h7-9H,3-6H2,1-2H3;/q;-1/p+1. The highest BCUT2D eigenvalue weighted by Gasteiger charge is 2.21. The van der Waals surface area contributed by atoms with Crippen molar-refractivity contribution < 1.29 is 27.3 Å². The van der Waals surface area contributed by atoms with Gasteiger partial charge in [0.25, 0.3) is 0 Å². The second-order valence-electron chi connectivity index (χ2n) is 3.60. The van der Waals surface area contributed by atoms with Crippen LogP contribution in [-0.4, -0.2) is 33.1 Å². The fourth-order valence-electron chi connectivity index (χ4n) is 1.31. The van der Waals surface area contributed by atoms with Crippen molar-refractivity contribution in [2.75, 3.05) is 19.7 Å². The maximum Gasteiger partial charge on any atom is 0.673 e. The number of halogens is 4. The van der Waals surface area contributed by atoms with Crippen LogP contribution in [0.25, 0.3) is 0 Å². The van der Waals surface area contributed by atoms with Crippen LogP contribution in [0.1, 0.15) is 20.3 Å². The van der Waals surface area contributed by atoms with Crippen LogP contribution in [0.4, 0.5) is 17.3 Å². The molecule has 0 bridgehead atoms. The number of nitrogens with two attached hydrogens (primary N) is 1. The molecule has 0 aromatic heterocycles. The molecule has 92 valence electrons. The van der Waals surface area contributed by atoms with Crippen molar-refractivity contribution >= 4 is 7.25 Å². The summed E-state index contributed by atoms with van der Waals surface area (Å²) >= 11 is 0. The minimum Gasteiger partial charge on any atom is -0.418 e. The molecule has 7 heteroatoms. The SMILES string of the molecule is CCC(C)C1C[NH2+]CCO1.F[B-](F)(F)F. The number of rotatable bonds is 2. The van der Waals surface area contributed by atoms with Gasteiger partial charge in [-0.2, -0.15) is 0 Å². The molecule has 1 fully saturated rings. The molecule has 0 aromatic rings. The Morgan fingerprint density at radius 2 is 1.93 bits per heavy atom. The Bertz CT molecular complexity index is 155. The van der Waals surface area contributed by atoms with Gasteiger partial charge in [0.15, 0.2) is 0 Å². The molecular weight excluding hydrogens is 213 g/mol. The molecule has 1 heterocycles. The summed E-state index contributed by atoms with van der Waals surface area (Å²) in [5.74, 6) is 0.733. The topological polar surface area (TPSA) is 25.8 Å². The van der Waals surface area contributed by atoms with Gasteiger partial charge >= 0.3 is 7.25 Å². The van der Waals surface area contributed by atoms with Crippen LogP contribution in [0.5, 0.6) is 0 Å². The Morgan fingerprint density at radius 3 is 2.27 bits per heavy atom. The summed E-state index contributed by atoms with van der Waals surface area (Å²) in [6, 6.07) is 0. The van der Waals surface area contributed by atoms with Gasteiger partial charge in [0.1, 0.15) is 12.6 Å². The van der Waals surface area contributed by atoms with Crippen LogP contribution in [0.15, 0.2) is 0 Å². The van der Waals surface area contributed by atoms with Crippen molar-refractivity contribution in [1.29, 1.82) is 0 Å². The number of hydrogen-bond donors (Lipinski definition) is 1. The zero-order valence-electron chi connectivity index (χ0n) is 9.06. The molecule has 0 amide bonds. The molecule has 2 N–H and O–H groups in total. The van der Waals surface area contributed by atoms with Crippen LogP contribution >= 0.6 is 0 Å². The van der Waals surface area contributed by atoms with Gasteiger partial charge in [-0.05, 0) is 5.92 Å². The van der Waals surface area contributed by atoms with E-state index in [0.29, 0.717) is 6.10 Å². The van der Waals surface area contributed by atoms with E-state index in [-0.39, 0.29) is 0 Å². The van der Waals surface area contributed by atoms with Crippen molar-refractivity contribution in [3.8, 4) is 0 Å². The third-order valence-electron chi connectivity index (χ3n) is 2.33. The highest BCUT2D eigenvalue weighted by molar-refractivity contribution is 6.50. The average Bonchev–Trinajstić information content (AvgIpc) is 2.15.